The molecule has 23 heavy (non-hydrogen) atoms. The maximum atomic E-state index is 11.9. The molecule has 0 unspecified atom stereocenters. The Hall–Kier alpha value is -2.61. The third-order valence-corrected chi connectivity index (χ3v) is 3.15. The largest absolute Gasteiger partial charge is 0.450 e. The Morgan fingerprint density at radius 3 is 2.87 bits per heavy atom. The van der Waals surface area contributed by atoms with Gasteiger partial charge in [-0.3, -0.25) is 10.1 Å². The quantitative estimate of drug-likeness (QED) is 0.837. The first-order valence-corrected chi connectivity index (χ1v) is 7.30. The number of benzene rings is 1. The first-order chi connectivity index (χ1) is 11.1. The van der Waals surface area contributed by atoms with Crippen LogP contribution < -0.4 is 10.6 Å². The Morgan fingerprint density at radius 1 is 1.35 bits per heavy atom. The third-order valence-electron chi connectivity index (χ3n) is 2.78. The summed E-state index contributed by atoms with van der Waals surface area (Å²) in [6.45, 7) is 2.24. The SMILES string of the molecule is CCOC(=O)Nc1cn(CC(=O)NCc2ccccc2Cl)nn1. The molecule has 8 nitrogen and oxygen atoms in total. The molecular weight excluding hydrogens is 322 g/mol. The van der Waals surface area contributed by atoms with Crippen LogP contribution in [-0.4, -0.2) is 33.6 Å². The highest BCUT2D eigenvalue weighted by Crippen LogP contribution is 2.14. The fraction of sp³-hybridized carbons (Fsp3) is 0.286. The van der Waals surface area contributed by atoms with Gasteiger partial charge >= 0.3 is 6.09 Å². The fourth-order valence-electron chi connectivity index (χ4n) is 1.74. The van der Waals surface area contributed by atoms with Crippen LogP contribution in [0.1, 0.15) is 12.5 Å². The number of aromatic nitrogens is 3. The summed E-state index contributed by atoms with van der Waals surface area (Å²) in [7, 11) is 0. The zero-order chi connectivity index (χ0) is 16.7. The Morgan fingerprint density at radius 2 is 2.13 bits per heavy atom. The summed E-state index contributed by atoms with van der Waals surface area (Å²) in [6.07, 6.45) is 0.814. The van der Waals surface area contributed by atoms with Crippen molar-refractivity contribution in [2.45, 2.75) is 20.0 Å². The topological polar surface area (TPSA) is 98.1 Å². The molecule has 0 saturated carbocycles. The van der Waals surface area contributed by atoms with E-state index in [1.165, 1.54) is 10.9 Å². The van der Waals surface area contributed by atoms with Crippen LogP contribution in [0.4, 0.5) is 10.6 Å². The van der Waals surface area contributed by atoms with Crippen LogP contribution in [0.25, 0.3) is 0 Å². The second kappa shape index (κ2) is 8.14. The molecule has 0 atom stereocenters. The van der Waals surface area contributed by atoms with Gasteiger partial charge in [0.05, 0.1) is 12.8 Å². The first-order valence-electron chi connectivity index (χ1n) is 6.92. The van der Waals surface area contributed by atoms with E-state index in [1.54, 1.807) is 13.0 Å². The van der Waals surface area contributed by atoms with Crippen molar-refractivity contribution < 1.29 is 14.3 Å². The predicted octanol–water partition coefficient (Wildman–Crippen LogP) is 1.82. The molecule has 9 heteroatoms. The van der Waals surface area contributed by atoms with E-state index in [4.69, 9.17) is 16.3 Å². The minimum absolute atomic E-state index is 0.0258. The highest BCUT2D eigenvalue weighted by molar-refractivity contribution is 6.31. The van der Waals surface area contributed by atoms with E-state index >= 15 is 0 Å². The minimum atomic E-state index is -0.622. The van der Waals surface area contributed by atoms with E-state index in [0.717, 1.165) is 5.56 Å². The van der Waals surface area contributed by atoms with Gasteiger partial charge in [0.1, 0.15) is 6.54 Å². The molecular formula is C14H16ClN5O3. The van der Waals surface area contributed by atoms with Crippen molar-refractivity contribution >= 4 is 29.4 Å². The Balaban J connectivity index is 1.82. The molecule has 1 aromatic heterocycles. The number of hydrogen-bond donors (Lipinski definition) is 2. The van der Waals surface area contributed by atoms with Crippen LogP contribution >= 0.6 is 11.6 Å². The van der Waals surface area contributed by atoms with Gasteiger partial charge in [0.2, 0.25) is 5.91 Å². The van der Waals surface area contributed by atoms with Crippen LogP contribution in [0, 0.1) is 0 Å². The number of nitrogens with one attached hydrogen (secondary N) is 2. The van der Waals surface area contributed by atoms with E-state index in [1.807, 2.05) is 18.2 Å². The van der Waals surface area contributed by atoms with Crippen molar-refractivity contribution in [3.05, 3.63) is 41.0 Å². The van der Waals surface area contributed by atoms with Gasteiger partial charge in [-0.05, 0) is 18.6 Å². The van der Waals surface area contributed by atoms with E-state index in [2.05, 4.69) is 20.9 Å². The lowest BCUT2D eigenvalue weighted by Gasteiger charge is -2.06. The number of hydrogen-bond acceptors (Lipinski definition) is 5. The van der Waals surface area contributed by atoms with E-state index in [-0.39, 0.29) is 24.9 Å². The highest BCUT2D eigenvalue weighted by atomic mass is 35.5. The molecule has 1 aromatic carbocycles. The summed E-state index contributed by atoms with van der Waals surface area (Å²) in [5.74, 6) is -0.0418. The smallest absolute Gasteiger partial charge is 0.412 e. The summed E-state index contributed by atoms with van der Waals surface area (Å²) in [6, 6.07) is 7.26. The number of nitrogens with zero attached hydrogens (tertiary/aromatic N) is 3. The average Bonchev–Trinajstić information content (AvgIpc) is 2.93. The normalized spacial score (nSPS) is 10.2. The Kier molecular flexibility index (Phi) is 5.93. The lowest BCUT2D eigenvalue weighted by Crippen LogP contribution is -2.27. The van der Waals surface area contributed by atoms with Crippen molar-refractivity contribution in [3.63, 3.8) is 0 Å². The summed E-state index contributed by atoms with van der Waals surface area (Å²) in [4.78, 5) is 23.1. The van der Waals surface area contributed by atoms with Crippen molar-refractivity contribution in [3.8, 4) is 0 Å². The zero-order valence-corrected chi connectivity index (χ0v) is 13.2. The molecule has 0 aliphatic carbocycles. The highest BCUT2D eigenvalue weighted by Gasteiger charge is 2.09. The summed E-state index contributed by atoms with van der Waals surface area (Å²) >= 11 is 6.01. The monoisotopic (exact) mass is 337 g/mol. The van der Waals surface area contributed by atoms with Crippen molar-refractivity contribution in [2.24, 2.45) is 0 Å². The number of carbonyl (C=O) groups excluding carboxylic acids is 2. The summed E-state index contributed by atoms with van der Waals surface area (Å²) in [5.41, 5.74) is 0.825. The molecule has 0 radical (unpaired) electrons. The molecule has 2 N–H and O–H groups in total. The van der Waals surface area contributed by atoms with Gasteiger partial charge in [0.15, 0.2) is 5.82 Å². The van der Waals surface area contributed by atoms with E-state index in [0.29, 0.717) is 11.6 Å². The predicted molar refractivity (Wildman–Crippen MR) is 84.0 cm³/mol. The second-order valence-electron chi connectivity index (χ2n) is 4.51. The molecule has 0 spiro atoms. The number of halogens is 1. The van der Waals surface area contributed by atoms with Gasteiger partial charge < -0.3 is 10.1 Å². The lowest BCUT2D eigenvalue weighted by molar-refractivity contribution is -0.122. The van der Waals surface area contributed by atoms with Crippen LogP contribution in [0.2, 0.25) is 5.02 Å². The van der Waals surface area contributed by atoms with Crippen LogP contribution in [0.15, 0.2) is 30.5 Å². The van der Waals surface area contributed by atoms with Crippen molar-refractivity contribution in [1.82, 2.24) is 20.3 Å². The third kappa shape index (κ3) is 5.26. The van der Waals surface area contributed by atoms with Gasteiger partial charge in [-0.25, -0.2) is 9.48 Å². The lowest BCUT2D eigenvalue weighted by atomic mass is 10.2. The van der Waals surface area contributed by atoms with E-state index in [9.17, 15) is 9.59 Å². The summed E-state index contributed by atoms with van der Waals surface area (Å²) in [5, 5.41) is 13.2. The number of rotatable bonds is 6. The Bertz CT molecular complexity index is 689. The number of carbonyl (C=O) groups is 2. The second-order valence-corrected chi connectivity index (χ2v) is 4.92. The number of ether oxygens (including phenoxy) is 1. The number of amides is 2. The molecule has 0 aliphatic heterocycles. The molecule has 2 amide bonds. The molecule has 122 valence electrons. The first kappa shape index (κ1) is 16.8. The van der Waals surface area contributed by atoms with Crippen molar-refractivity contribution in [1.29, 1.82) is 0 Å². The Labute approximate surface area is 137 Å². The molecule has 2 rings (SSSR count). The molecule has 0 fully saturated rings. The van der Waals surface area contributed by atoms with Crippen molar-refractivity contribution in [2.75, 3.05) is 11.9 Å². The maximum absolute atomic E-state index is 11.9. The van der Waals surface area contributed by atoms with Gasteiger partial charge in [0.25, 0.3) is 0 Å². The van der Waals surface area contributed by atoms with Gasteiger partial charge in [-0.2, -0.15) is 0 Å². The molecule has 0 aliphatic rings. The van der Waals surface area contributed by atoms with Gasteiger partial charge in [0, 0.05) is 11.6 Å². The molecule has 0 bridgehead atoms. The minimum Gasteiger partial charge on any atom is -0.450 e. The van der Waals surface area contributed by atoms with Gasteiger partial charge in [-0.15, -0.1) is 5.10 Å². The van der Waals surface area contributed by atoms with E-state index < -0.39 is 6.09 Å². The van der Waals surface area contributed by atoms with Crippen LogP contribution in [0.5, 0.6) is 0 Å². The van der Waals surface area contributed by atoms with Crippen LogP contribution in [0.3, 0.4) is 0 Å². The molecule has 0 saturated heterocycles. The molecule has 1 heterocycles. The van der Waals surface area contributed by atoms with Crippen LogP contribution in [-0.2, 0) is 22.6 Å². The maximum Gasteiger partial charge on any atom is 0.412 e. The summed E-state index contributed by atoms with van der Waals surface area (Å²) < 4.78 is 6.03. The zero-order valence-electron chi connectivity index (χ0n) is 12.5. The van der Waals surface area contributed by atoms with Gasteiger partial charge in [-0.1, -0.05) is 35.0 Å². The fourth-order valence-corrected chi connectivity index (χ4v) is 1.95. The molecule has 2 aromatic rings. The number of anilines is 1. The average molecular weight is 338 g/mol. The standard InChI is InChI=1S/C14H16ClN5O3/c1-2-23-14(22)17-12-8-20(19-18-12)9-13(21)16-7-10-5-3-4-6-11(10)15/h3-6,8H,2,7,9H2,1H3,(H,16,21)(H,17,22).